The number of hydrogen-bond acceptors (Lipinski definition) is 3. The van der Waals surface area contributed by atoms with E-state index in [0.29, 0.717) is 11.7 Å². The second-order valence-corrected chi connectivity index (χ2v) is 6.10. The van der Waals surface area contributed by atoms with E-state index < -0.39 is 0 Å². The first-order chi connectivity index (χ1) is 8.56. The molecule has 18 heavy (non-hydrogen) atoms. The van der Waals surface area contributed by atoms with Gasteiger partial charge in [-0.25, -0.2) is 0 Å². The number of aromatic hydroxyl groups is 1. The number of benzene rings is 1. The zero-order valence-corrected chi connectivity index (χ0v) is 11.6. The number of thiophene rings is 1. The first-order valence-electron chi connectivity index (χ1n) is 6.21. The summed E-state index contributed by atoms with van der Waals surface area (Å²) in [6.45, 7) is 4.38. The minimum absolute atomic E-state index is 0.126. The van der Waals surface area contributed by atoms with E-state index >= 15 is 0 Å². The van der Waals surface area contributed by atoms with Crippen LogP contribution in [0.2, 0.25) is 0 Å². The smallest absolute Gasteiger partial charge is 0.115 e. The summed E-state index contributed by atoms with van der Waals surface area (Å²) in [6.07, 6.45) is 1.01. The molecule has 0 saturated carbocycles. The topological polar surface area (TPSA) is 46.2 Å². The number of phenolic OH excluding ortho intramolecular Hbond substituents is 1. The molecule has 0 aliphatic rings. The highest BCUT2D eigenvalue weighted by Crippen LogP contribution is 2.33. The molecule has 2 rings (SSSR count). The molecular weight excluding hydrogens is 242 g/mol. The summed E-state index contributed by atoms with van der Waals surface area (Å²) >= 11 is 1.74. The highest BCUT2D eigenvalue weighted by Gasteiger charge is 2.11. The van der Waals surface area contributed by atoms with E-state index in [2.05, 4.69) is 26.0 Å². The van der Waals surface area contributed by atoms with Gasteiger partial charge in [-0.15, -0.1) is 11.3 Å². The van der Waals surface area contributed by atoms with Crippen molar-refractivity contribution in [2.24, 2.45) is 11.7 Å². The van der Waals surface area contributed by atoms with Crippen LogP contribution in [0.5, 0.6) is 5.75 Å². The average molecular weight is 261 g/mol. The zero-order chi connectivity index (χ0) is 13.1. The van der Waals surface area contributed by atoms with Gasteiger partial charge in [0.15, 0.2) is 0 Å². The Hall–Kier alpha value is -1.32. The van der Waals surface area contributed by atoms with Crippen LogP contribution in [-0.2, 0) is 0 Å². The molecule has 0 amide bonds. The highest BCUT2D eigenvalue weighted by atomic mass is 32.1. The van der Waals surface area contributed by atoms with Crippen LogP contribution >= 0.6 is 11.3 Å². The van der Waals surface area contributed by atoms with Gasteiger partial charge in [-0.2, -0.15) is 0 Å². The maximum absolute atomic E-state index is 9.28. The molecule has 3 N–H and O–H groups in total. The molecule has 1 unspecified atom stereocenters. The van der Waals surface area contributed by atoms with Crippen LogP contribution in [0.4, 0.5) is 0 Å². The quantitative estimate of drug-likeness (QED) is 0.867. The fourth-order valence-electron chi connectivity index (χ4n) is 1.96. The molecule has 1 heterocycles. The molecule has 0 bridgehead atoms. The molecule has 3 heteroatoms. The lowest BCUT2D eigenvalue weighted by Gasteiger charge is -2.11. The first-order valence-corrected chi connectivity index (χ1v) is 7.02. The molecule has 0 aliphatic carbocycles. The van der Waals surface area contributed by atoms with Crippen molar-refractivity contribution in [3.05, 3.63) is 41.3 Å². The number of phenols is 1. The van der Waals surface area contributed by atoms with Crippen LogP contribution in [0.1, 0.15) is 31.2 Å². The molecule has 0 aliphatic heterocycles. The van der Waals surface area contributed by atoms with E-state index in [4.69, 9.17) is 5.73 Å². The fraction of sp³-hybridized carbons (Fsp3) is 0.333. The standard InChI is InChI=1S/C15H19NOS/c1-10(2)9-13(16)15-8-7-14(18-15)11-3-5-12(17)6-4-11/h3-8,10,13,17H,9,16H2,1-2H3. The third kappa shape index (κ3) is 3.12. The van der Waals surface area contributed by atoms with Crippen molar-refractivity contribution in [2.45, 2.75) is 26.3 Å². The Balaban J connectivity index is 2.17. The van der Waals surface area contributed by atoms with E-state index in [1.54, 1.807) is 23.5 Å². The zero-order valence-electron chi connectivity index (χ0n) is 10.8. The average Bonchev–Trinajstić information content (AvgIpc) is 2.78. The molecule has 0 radical (unpaired) electrons. The van der Waals surface area contributed by atoms with Gasteiger partial charge >= 0.3 is 0 Å². The molecule has 2 nitrogen and oxygen atoms in total. The van der Waals surface area contributed by atoms with Crippen LogP contribution in [-0.4, -0.2) is 5.11 Å². The van der Waals surface area contributed by atoms with Gasteiger partial charge in [0.1, 0.15) is 5.75 Å². The number of hydrogen-bond donors (Lipinski definition) is 2. The SMILES string of the molecule is CC(C)CC(N)c1ccc(-c2ccc(O)cc2)s1. The fourth-order valence-corrected chi connectivity index (χ4v) is 2.98. The van der Waals surface area contributed by atoms with E-state index in [-0.39, 0.29) is 6.04 Å². The monoisotopic (exact) mass is 261 g/mol. The van der Waals surface area contributed by atoms with Gasteiger partial charge < -0.3 is 10.8 Å². The minimum Gasteiger partial charge on any atom is -0.508 e. The van der Waals surface area contributed by atoms with Crippen molar-refractivity contribution in [2.75, 3.05) is 0 Å². The maximum atomic E-state index is 9.28. The number of rotatable bonds is 4. The van der Waals surface area contributed by atoms with Gasteiger partial charge in [0.25, 0.3) is 0 Å². The third-order valence-electron chi connectivity index (χ3n) is 2.87. The van der Waals surface area contributed by atoms with Crippen molar-refractivity contribution in [3.8, 4) is 16.2 Å². The van der Waals surface area contributed by atoms with Crippen LogP contribution in [0.25, 0.3) is 10.4 Å². The van der Waals surface area contributed by atoms with Crippen molar-refractivity contribution in [1.82, 2.24) is 0 Å². The van der Waals surface area contributed by atoms with E-state index in [1.807, 2.05) is 12.1 Å². The molecule has 1 aromatic carbocycles. The molecule has 0 saturated heterocycles. The molecule has 0 fully saturated rings. The lowest BCUT2D eigenvalue weighted by Crippen LogP contribution is -2.11. The van der Waals surface area contributed by atoms with Gasteiger partial charge in [-0.05, 0) is 54.3 Å². The van der Waals surface area contributed by atoms with Crippen LogP contribution in [0.15, 0.2) is 36.4 Å². The van der Waals surface area contributed by atoms with Gasteiger partial charge in [-0.3, -0.25) is 0 Å². The summed E-state index contributed by atoms with van der Waals surface area (Å²) in [5.74, 6) is 0.909. The maximum Gasteiger partial charge on any atom is 0.115 e. The van der Waals surface area contributed by atoms with Gasteiger partial charge in [-0.1, -0.05) is 13.8 Å². The van der Waals surface area contributed by atoms with Crippen molar-refractivity contribution in [3.63, 3.8) is 0 Å². The second kappa shape index (κ2) is 5.55. The Morgan fingerprint density at radius 3 is 2.39 bits per heavy atom. The third-order valence-corrected chi connectivity index (χ3v) is 4.14. The Morgan fingerprint density at radius 2 is 1.78 bits per heavy atom. The van der Waals surface area contributed by atoms with E-state index in [0.717, 1.165) is 12.0 Å². The summed E-state index contributed by atoms with van der Waals surface area (Å²) in [6, 6.07) is 11.6. The summed E-state index contributed by atoms with van der Waals surface area (Å²) in [5.41, 5.74) is 7.31. The lowest BCUT2D eigenvalue weighted by atomic mass is 10.0. The summed E-state index contributed by atoms with van der Waals surface area (Å²) < 4.78 is 0. The number of nitrogens with two attached hydrogens (primary N) is 1. The summed E-state index contributed by atoms with van der Waals surface area (Å²) in [7, 11) is 0. The van der Waals surface area contributed by atoms with Crippen molar-refractivity contribution >= 4 is 11.3 Å². The molecular formula is C15H19NOS. The molecule has 1 atom stereocenters. The Bertz CT molecular complexity index is 501. The lowest BCUT2D eigenvalue weighted by molar-refractivity contribution is 0.475. The van der Waals surface area contributed by atoms with Crippen LogP contribution in [0, 0.1) is 5.92 Å². The largest absolute Gasteiger partial charge is 0.508 e. The summed E-state index contributed by atoms with van der Waals surface area (Å²) in [5, 5.41) is 9.28. The molecule has 1 aromatic heterocycles. The Morgan fingerprint density at radius 1 is 1.11 bits per heavy atom. The van der Waals surface area contributed by atoms with Crippen molar-refractivity contribution < 1.29 is 5.11 Å². The predicted molar refractivity (Wildman–Crippen MR) is 77.8 cm³/mol. The molecule has 0 spiro atoms. The second-order valence-electron chi connectivity index (χ2n) is 4.98. The van der Waals surface area contributed by atoms with Gasteiger partial charge in [0.2, 0.25) is 0 Å². The van der Waals surface area contributed by atoms with Gasteiger partial charge in [0.05, 0.1) is 0 Å². The Kier molecular flexibility index (Phi) is 4.04. The van der Waals surface area contributed by atoms with Gasteiger partial charge in [0, 0.05) is 15.8 Å². The van der Waals surface area contributed by atoms with Crippen LogP contribution in [0.3, 0.4) is 0 Å². The Labute approximate surface area is 112 Å². The highest BCUT2D eigenvalue weighted by molar-refractivity contribution is 7.15. The van der Waals surface area contributed by atoms with E-state index in [1.165, 1.54) is 9.75 Å². The van der Waals surface area contributed by atoms with Crippen LogP contribution < -0.4 is 5.73 Å². The molecule has 2 aromatic rings. The normalized spacial score (nSPS) is 12.9. The first kappa shape index (κ1) is 13.1. The van der Waals surface area contributed by atoms with Crippen molar-refractivity contribution in [1.29, 1.82) is 0 Å². The minimum atomic E-state index is 0.126. The van der Waals surface area contributed by atoms with E-state index in [9.17, 15) is 5.11 Å². The summed E-state index contributed by atoms with van der Waals surface area (Å²) in [4.78, 5) is 2.43. The predicted octanol–water partition coefficient (Wildman–Crippen LogP) is 4.17. The molecule has 96 valence electrons.